The average molecular weight is 156 g/mol. The van der Waals surface area contributed by atoms with Crippen LogP contribution in [0.5, 0.6) is 0 Å². The van der Waals surface area contributed by atoms with Gasteiger partial charge in [-0.2, -0.15) is 0 Å². The van der Waals surface area contributed by atoms with Crippen LogP contribution in [0.15, 0.2) is 0 Å². The Morgan fingerprint density at radius 3 is 2.73 bits per heavy atom. The van der Waals surface area contributed by atoms with E-state index in [4.69, 9.17) is 0 Å². The molecular weight excluding hydrogens is 136 g/mol. The Morgan fingerprint density at radius 2 is 2.36 bits per heavy atom. The van der Waals surface area contributed by atoms with Crippen LogP contribution < -0.4 is 10.6 Å². The van der Waals surface area contributed by atoms with Gasteiger partial charge in [0.25, 0.3) is 0 Å². The number of likely N-dealkylation sites (N-methyl/N-ethyl adjacent to an activating group) is 1. The number of nitrogens with one attached hydrogen (secondary N) is 2. The summed E-state index contributed by atoms with van der Waals surface area (Å²) in [5.74, 6) is 0. The van der Waals surface area contributed by atoms with Gasteiger partial charge in [0.1, 0.15) is 0 Å². The zero-order valence-corrected chi connectivity index (χ0v) is 7.91. The highest BCUT2D eigenvalue weighted by atomic mass is 15.1. The van der Waals surface area contributed by atoms with Crippen molar-refractivity contribution in [3.8, 4) is 0 Å². The first kappa shape index (κ1) is 9.01. The fourth-order valence-corrected chi connectivity index (χ4v) is 2.04. The molecule has 0 aromatic carbocycles. The van der Waals surface area contributed by atoms with Crippen LogP contribution in [0.1, 0.15) is 33.1 Å². The van der Waals surface area contributed by atoms with Crippen molar-refractivity contribution in [3.63, 3.8) is 0 Å². The van der Waals surface area contributed by atoms with Crippen molar-refractivity contribution >= 4 is 0 Å². The van der Waals surface area contributed by atoms with E-state index in [-0.39, 0.29) is 0 Å². The fourth-order valence-electron chi connectivity index (χ4n) is 2.04. The molecule has 0 aromatic heterocycles. The Kier molecular flexibility index (Phi) is 2.90. The zero-order valence-electron chi connectivity index (χ0n) is 7.91. The van der Waals surface area contributed by atoms with E-state index in [1.807, 2.05) is 7.05 Å². The van der Waals surface area contributed by atoms with Crippen LogP contribution in [0, 0.1) is 0 Å². The zero-order chi connectivity index (χ0) is 8.32. The molecule has 1 aliphatic heterocycles. The van der Waals surface area contributed by atoms with Crippen molar-refractivity contribution in [3.05, 3.63) is 0 Å². The second-order valence-electron chi connectivity index (χ2n) is 3.75. The molecular formula is C9H20N2. The summed E-state index contributed by atoms with van der Waals surface area (Å²) in [6.45, 7) is 5.64. The van der Waals surface area contributed by atoms with Gasteiger partial charge in [0.2, 0.25) is 0 Å². The maximum Gasteiger partial charge on any atom is 0.0306 e. The lowest BCUT2D eigenvalue weighted by Gasteiger charge is -2.28. The molecule has 0 aromatic rings. The number of rotatable bonds is 3. The molecule has 66 valence electrons. The van der Waals surface area contributed by atoms with Crippen molar-refractivity contribution < 1.29 is 0 Å². The van der Waals surface area contributed by atoms with Crippen LogP contribution in [0.2, 0.25) is 0 Å². The van der Waals surface area contributed by atoms with Crippen molar-refractivity contribution in [2.45, 2.75) is 44.7 Å². The molecule has 0 bridgehead atoms. The predicted molar refractivity (Wildman–Crippen MR) is 48.8 cm³/mol. The van der Waals surface area contributed by atoms with E-state index in [0.717, 1.165) is 6.54 Å². The summed E-state index contributed by atoms with van der Waals surface area (Å²) in [5.41, 5.74) is 0.397. The molecule has 11 heavy (non-hydrogen) atoms. The second-order valence-corrected chi connectivity index (χ2v) is 3.75. The molecule has 2 nitrogen and oxygen atoms in total. The normalized spacial score (nSPS) is 37.9. The number of hydrogen-bond donors (Lipinski definition) is 2. The quantitative estimate of drug-likeness (QED) is 0.640. The van der Waals surface area contributed by atoms with Gasteiger partial charge in [-0.1, -0.05) is 6.92 Å². The highest BCUT2D eigenvalue weighted by molar-refractivity contribution is 4.96. The van der Waals surface area contributed by atoms with Crippen LogP contribution >= 0.6 is 0 Å². The highest BCUT2D eigenvalue weighted by Gasteiger charge is 2.33. The topological polar surface area (TPSA) is 24.1 Å². The van der Waals surface area contributed by atoms with Gasteiger partial charge in [0.15, 0.2) is 0 Å². The van der Waals surface area contributed by atoms with Gasteiger partial charge in [0, 0.05) is 18.1 Å². The largest absolute Gasteiger partial charge is 0.318 e. The average Bonchev–Trinajstić information content (AvgIpc) is 2.34. The van der Waals surface area contributed by atoms with E-state index >= 15 is 0 Å². The monoisotopic (exact) mass is 156 g/mol. The molecule has 1 rings (SSSR count). The van der Waals surface area contributed by atoms with Crippen LogP contribution in [-0.2, 0) is 0 Å². The van der Waals surface area contributed by atoms with E-state index in [9.17, 15) is 0 Å². The lowest BCUT2D eigenvalue weighted by atomic mass is 9.94. The first-order chi connectivity index (χ1) is 5.22. The van der Waals surface area contributed by atoms with E-state index in [0.29, 0.717) is 11.6 Å². The molecule has 1 heterocycles. The third-order valence-electron chi connectivity index (χ3n) is 2.80. The Morgan fingerprint density at radius 1 is 1.64 bits per heavy atom. The van der Waals surface area contributed by atoms with Gasteiger partial charge in [0.05, 0.1) is 0 Å². The van der Waals surface area contributed by atoms with Crippen molar-refractivity contribution in [1.29, 1.82) is 0 Å². The molecule has 2 N–H and O–H groups in total. The molecule has 0 amide bonds. The van der Waals surface area contributed by atoms with Gasteiger partial charge >= 0.3 is 0 Å². The van der Waals surface area contributed by atoms with Crippen molar-refractivity contribution in [2.75, 3.05) is 13.6 Å². The molecule has 1 saturated heterocycles. The Bertz CT molecular complexity index is 121. The SMILES string of the molecule is CCC1(CNC)CCC(C)N1. The number of hydrogen-bond acceptors (Lipinski definition) is 2. The van der Waals surface area contributed by atoms with Crippen LogP contribution in [0.25, 0.3) is 0 Å². The van der Waals surface area contributed by atoms with Crippen LogP contribution in [0.3, 0.4) is 0 Å². The van der Waals surface area contributed by atoms with Crippen LogP contribution in [0.4, 0.5) is 0 Å². The minimum Gasteiger partial charge on any atom is -0.318 e. The minimum atomic E-state index is 0.397. The summed E-state index contributed by atoms with van der Waals surface area (Å²) >= 11 is 0. The first-order valence-corrected chi connectivity index (χ1v) is 4.65. The van der Waals surface area contributed by atoms with Crippen LogP contribution in [-0.4, -0.2) is 25.2 Å². The summed E-state index contributed by atoms with van der Waals surface area (Å²) in [4.78, 5) is 0. The smallest absolute Gasteiger partial charge is 0.0306 e. The molecule has 0 radical (unpaired) electrons. The third-order valence-corrected chi connectivity index (χ3v) is 2.80. The Labute approximate surface area is 69.8 Å². The van der Waals surface area contributed by atoms with E-state index < -0.39 is 0 Å². The van der Waals surface area contributed by atoms with E-state index in [1.54, 1.807) is 0 Å². The minimum absolute atomic E-state index is 0.397. The lowest BCUT2D eigenvalue weighted by Crippen LogP contribution is -2.48. The maximum absolute atomic E-state index is 3.66. The highest BCUT2D eigenvalue weighted by Crippen LogP contribution is 2.25. The second kappa shape index (κ2) is 3.55. The van der Waals surface area contributed by atoms with Gasteiger partial charge in [-0.15, -0.1) is 0 Å². The molecule has 0 spiro atoms. The summed E-state index contributed by atoms with van der Waals surface area (Å²) < 4.78 is 0. The van der Waals surface area contributed by atoms with Gasteiger partial charge in [-0.3, -0.25) is 0 Å². The molecule has 2 atom stereocenters. The third kappa shape index (κ3) is 1.94. The summed E-state index contributed by atoms with van der Waals surface area (Å²) in [6.07, 6.45) is 3.89. The molecule has 0 aliphatic carbocycles. The van der Waals surface area contributed by atoms with Gasteiger partial charge in [-0.05, 0) is 33.2 Å². The standard InChI is InChI=1S/C9H20N2/c1-4-9(7-10-3)6-5-8(2)11-9/h8,10-11H,4-7H2,1-3H3. The molecule has 1 aliphatic rings. The molecule has 0 saturated carbocycles. The molecule has 2 unspecified atom stereocenters. The maximum atomic E-state index is 3.66. The van der Waals surface area contributed by atoms with Crippen molar-refractivity contribution in [2.24, 2.45) is 0 Å². The lowest BCUT2D eigenvalue weighted by molar-refractivity contribution is 0.338. The Hall–Kier alpha value is -0.0800. The Balaban J connectivity index is 2.48. The van der Waals surface area contributed by atoms with Crippen molar-refractivity contribution in [1.82, 2.24) is 10.6 Å². The van der Waals surface area contributed by atoms with E-state index in [1.165, 1.54) is 19.3 Å². The molecule has 2 heteroatoms. The summed E-state index contributed by atoms with van der Waals surface area (Å²) in [6, 6.07) is 0.711. The first-order valence-electron chi connectivity index (χ1n) is 4.65. The van der Waals surface area contributed by atoms with Gasteiger partial charge < -0.3 is 10.6 Å². The van der Waals surface area contributed by atoms with Gasteiger partial charge in [-0.25, -0.2) is 0 Å². The molecule has 1 fully saturated rings. The predicted octanol–water partition coefficient (Wildman–Crippen LogP) is 1.13. The summed E-state index contributed by atoms with van der Waals surface area (Å²) in [7, 11) is 2.03. The fraction of sp³-hybridized carbons (Fsp3) is 1.00. The summed E-state index contributed by atoms with van der Waals surface area (Å²) in [5, 5.41) is 6.91. The van der Waals surface area contributed by atoms with E-state index in [2.05, 4.69) is 24.5 Å².